The summed E-state index contributed by atoms with van der Waals surface area (Å²) >= 11 is 0. The van der Waals surface area contributed by atoms with E-state index in [4.69, 9.17) is 0 Å². The van der Waals surface area contributed by atoms with Crippen molar-refractivity contribution in [3.63, 3.8) is 0 Å². The molecule has 0 radical (unpaired) electrons. The number of piperidine rings is 2. The van der Waals surface area contributed by atoms with Crippen LogP contribution in [0.4, 0.5) is 0 Å². The Balaban J connectivity index is 1.43. The minimum Gasteiger partial charge on any atom is -0.351 e. The lowest BCUT2D eigenvalue weighted by atomic mass is 9.58. The van der Waals surface area contributed by atoms with Gasteiger partial charge in [0, 0.05) is 31.1 Å². The standard InChI is InChI=1S/C25H35N3O2/c1-2-9-20-22-21-18(16-28(22)15-17-10-5-3-6-11-17)14-25(20,27-23(21)29)24(30)26-19-12-7-4-8-13-19/h3,5-6,10-11,18-22H,2,4,7-9,12-16H2,1H3,(H,26,30)(H,27,29)/t18-,20+,21-,22+,25+/m1/s1. The van der Waals surface area contributed by atoms with Crippen LogP contribution in [0.2, 0.25) is 0 Å². The van der Waals surface area contributed by atoms with E-state index in [0.29, 0.717) is 0 Å². The summed E-state index contributed by atoms with van der Waals surface area (Å²) in [6, 6.07) is 11.0. The first-order chi connectivity index (χ1) is 14.6. The van der Waals surface area contributed by atoms with Gasteiger partial charge in [-0.15, -0.1) is 0 Å². The molecule has 5 atom stereocenters. The van der Waals surface area contributed by atoms with E-state index < -0.39 is 5.54 Å². The van der Waals surface area contributed by atoms with Crippen molar-refractivity contribution in [2.45, 2.75) is 82.5 Å². The number of benzene rings is 1. The van der Waals surface area contributed by atoms with Crippen LogP contribution in [0, 0.1) is 17.8 Å². The van der Waals surface area contributed by atoms with Crippen molar-refractivity contribution in [1.29, 1.82) is 0 Å². The van der Waals surface area contributed by atoms with Crippen molar-refractivity contribution in [1.82, 2.24) is 15.5 Å². The molecule has 5 nitrogen and oxygen atoms in total. The number of nitrogens with one attached hydrogen (secondary N) is 2. The van der Waals surface area contributed by atoms with Crippen molar-refractivity contribution in [3.05, 3.63) is 35.9 Å². The summed E-state index contributed by atoms with van der Waals surface area (Å²) in [7, 11) is 0. The lowest BCUT2D eigenvalue weighted by Gasteiger charge is -2.55. The monoisotopic (exact) mass is 409 g/mol. The highest BCUT2D eigenvalue weighted by Gasteiger charge is 2.67. The van der Waals surface area contributed by atoms with Crippen LogP contribution in [-0.4, -0.2) is 40.9 Å². The van der Waals surface area contributed by atoms with E-state index in [2.05, 4.69) is 46.7 Å². The third-order valence-electron chi connectivity index (χ3n) is 8.22. The van der Waals surface area contributed by atoms with Crippen LogP contribution in [0.25, 0.3) is 0 Å². The maximum atomic E-state index is 13.7. The number of hydrogen-bond donors (Lipinski definition) is 2. The van der Waals surface area contributed by atoms with E-state index in [1.807, 2.05) is 6.07 Å². The first-order valence-electron chi connectivity index (χ1n) is 12.0. The SMILES string of the molecule is CCC[C@H]1[C@H]2[C@@H]3C(=O)N[C@@]1(C(=O)NC1CCCCC1)C[C@@H]3CN2Cc1ccccc1. The molecule has 0 spiro atoms. The second-order valence-corrected chi connectivity index (χ2v) is 10.1. The van der Waals surface area contributed by atoms with Crippen molar-refractivity contribution < 1.29 is 9.59 Å². The Hall–Kier alpha value is -1.88. The molecule has 0 unspecified atom stereocenters. The molecule has 3 heterocycles. The van der Waals surface area contributed by atoms with Crippen molar-refractivity contribution >= 4 is 11.8 Å². The van der Waals surface area contributed by atoms with Gasteiger partial charge in [0.15, 0.2) is 0 Å². The Morgan fingerprint density at radius 3 is 2.70 bits per heavy atom. The molecule has 1 aromatic rings. The Kier molecular flexibility index (Phi) is 5.34. The van der Waals surface area contributed by atoms with Gasteiger partial charge in [-0.25, -0.2) is 0 Å². The summed E-state index contributed by atoms with van der Waals surface area (Å²) in [4.78, 5) is 29.4. The van der Waals surface area contributed by atoms with Gasteiger partial charge >= 0.3 is 0 Å². The van der Waals surface area contributed by atoms with Crippen LogP contribution in [-0.2, 0) is 16.1 Å². The molecule has 3 saturated heterocycles. The second kappa shape index (κ2) is 7.99. The topological polar surface area (TPSA) is 61.4 Å². The van der Waals surface area contributed by atoms with E-state index in [9.17, 15) is 9.59 Å². The van der Waals surface area contributed by atoms with Crippen molar-refractivity contribution in [2.75, 3.05) is 6.54 Å². The predicted octanol–water partition coefficient (Wildman–Crippen LogP) is 3.24. The highest BCUT2D eigenvalue weighted by Crippen LogP contribution is 2.54. The summed E-state index contributed by atoms with van der Waals surface area (Å²) in [5.41, 5.74) is 0.567. The van der Waals surface area contributed by atoms with Gasteiger partial charge in [0.05, 0.1) is 5.92 Å². The molecule has 3 aliphatic heterocycles. The van der Waals surface area contributed by atoms with Crippen LogP contribution < -0.4 is 10.6 Å². The van der Waals surface area contributed by atoms with E-state index in [1.54, 1.807) is 0 Å². The highest BCUT2D eigenvalue weighted by molar-refractivity contribution is 5.96. The molecule has 162 valence electrons. The average Bonchev–Trinajstić information content (AvgIpc) is 3.06. The molecule has 4 bridgehead atoms. The highest BCUT2D eigenvalue weighted by atomic mass is 16.2. The van der Waals surface area contributed by atoms with E-state index in [-0.39, 0.29) is 41.7 Å². The molecule has 1 aromatic carbocycles. The molecule has 0 aromatic heterocycles. The minimum absolute atomic E-state index is 0.0367. The van der Waals surface area contributed by atoms with Crippen LogP contribution in [0.5, 0.6) is 0 Å². The average molecular weight is 410 g/mol. The fourth-order valence-corrected chi connectivity index (χ4v) is 7.01. The van der Waals surface area contributed by atoms with E-state index >= 15 is 0 Å². The summed E-state index contributed by atoms with van der Waals surface area (Å²) in [5, 5.41) is 6.64. The fraction of sp³-hybridized carbons (Fsp3) is 0.680. The maximum absolute atomic E-state index is 13.7. The zero-order valence-electron chi connectivity index (χ0n) is 18.1. The normalized spacial score (nSPS) is 36.0. The number of nitrogens with zero attached hydrogens (tertiary/aromatic N) is 1. The lowest BCUT2D eigenvalue weighted by Crippen LogP contribution is -2.76. The molecule has 2 amide bonds. The molecular weight excluding hydrogens is 374 g/mol. The largest absolute Gasteiger partial charge is 0.351 e. The maximum Gasteiger partial charge on any atom is 0.246 e. The van der Waals surface area contributed by atoms with Crippen molar-refractivity contribution in [2.24, 2.45) is 17.8 Å². The van der Waals surface area contributed by atoms with Gasteiger partial charge in [-0.2, -0.15) is 0 Å². The first kappa shape index (κ1) is 20.0. The predicted molar refractivity (Wildman–Crippen MR) is 117 cm³/mol. The smallest absolute Gasteiger partial charge is 0.246 e. The number of carbonyl (C=O) groups excluding carboxylic acids is 2. The van der Waals surface area contributed by atoms with Crippen LogP contribution in [0.15, 0.2) is 30.3 Å². The Labute approximate surface area is 180 Å². The third-order valence-corrected chi connectivity index (χ3v) is 8.22. The van der Waals surface area contributed by atoms with Gasteiger partial charge in [0.25, 0.3) is 0 Å². The third kappa shape index (κ3) is 3.26. The Morgan fingerprint density at radius 2 is 1.97 bits per heavy atom. The number of carbonyl (C=O) groups is 2. The van der Waals surface area contributed by atoms with Crippen LogP contribution in [0.3, 0.4) is 0 Å². The van der Waals surface area contributed by atoms with Gasteiger partial charge in [-0.05, 0) is 37.2 Å². The summed E-state index contributed by atoms with van der Waals surface area (Å²) < 4.78 is 0. The van der Waals surface area contributed by atoms with Gasteiger partial charge in [-0.1, -0.05) is 62.9 Å². The van der Waals surface area contributed by atoms with E-state index in [1.165, 1.54) is 24.8 Å². The van der Waals surface area contributed by atoms with Gasteiger partial charge in [-0.3, -0.25) is 14.5 Å². The summed E-state index contributed by atoms with van der Waals surface area (Å²) in [5.74, 6) is 0.720. The molecule has 5 heteroatoms. The fourth-order valence-electron chi connectivity index (χ4n) is 7.01. The summed E-state index contributed by atoms with van der Waals surface area (Å²) in [6.45, 7) is 3.99. The quantitative estimate of drug-likeness (QED) is 0.758. The minimum atomic E-state index is -0.722. The Morgan fingerprint density at radius 1 is 1.20 bits per heavy atom. The zero-order valence-corrected chi connectivity index (χ0v) is 18.1. The van der Waals surface area contributed by atoms with Gasteiger partial charge in [0.2, 0.25) is 11.8 Å². The summed E-state index contributed by atoms with van der Waals surface area (Å²) in [6.07, 6.45) is 8.63. The molecule has 6 rings (SSSR count). The number of fused-ring (bicyclic) bond motifs is 1. The van der Waals surface area contributed by atoms with Crippen molar-refractivity contribution in [3.8, 4) is 0 Å². The van der Waals surface area contributed by atoms with Crippen LogP contribution >= 0.6 is 0 Å². The van der Waals surface area contributed by atoms with E-state index in [0.717, 1.165) is 45.2 Å². The lowest BCUT2D eigenvalue weighted by molar-refractivity contribution is -0.155. The number of likely N-dealkylation sites (tertiary alicyclic amines) is 1. The molecule has 2 aliphatic carbocycles. The number of hydrogen-bond acceptors (Lipinski definition) is 3. The molecular formula is C25H35N3O2. The Bertz CT molecular complexity index is 791. The molecule has 5 aliphatic rings. The molecule has 5 fully saturated rings. The van der Waals surface area contributed by atoms with Gasteiger partial charge in [0.1, 0.15) is 5.54 Å². The van der Waals surface area contributed by atoms with Gasteiger partial charge < -0.3 is 10.6 Å². The molecule has 2 N–H and O–H groups in total. The van der Waals surface area contributed by atoms with Crippen LogP contribution in [0.1, 0.15) is 63.9 Å². The second-order valence-electron chi connectivity index (χ2n) is 10.1. The first-order valence-corrected chi connectivity index (χ1v) is 12.0. The molecule has 30 heavy (non-hydrogen) atoms. The zero-order chi connectivity index (χ0) is 20.7. The number of rotatable bonds is 6. The molecule has 2 saturated carbocycles. The number of amides is 2.